The van der Waals surface area contributed by atoms with E-state index in [1.165, 1.54) is 0 Å². The second-order valence-corrected chi connectivity index (χ2v) is 7.43. The third-order valence-corrected chi connectivity index (χ3v) is 5.48. The minimum atomic E-state index is 0.00973. The molecule has 1 amide bonds. The summed E-state index contributed by atoms with van der Waals surface area (Å²) in [7, 11) is 0. The Morgan fingerprint density at radius 1 is 0.929 bits per heavy atom. The van der Waals surface area contributed by atoms with E-state index in [4.69, 9.17) is 11.6 Å². The Kier molecular flexibility index (Phi) is 5.01. The van der Waals surface area contributed by atoms with Gasteiger partial charge in [0.15, 0.2) is 5.78 Å². The summed E-state index contributed by atoms with van der Waals surface area (Å²) in [6, 6.07) is 20.7. The summed E-state index contributed by atoms with van der Waals surface area (Å²) >= 11 is 6.40. The van der Waals surface area contributed by atoms with Crippen LogP contribution in [-0.2, 0) is 6.42 Å². The molecule has 0 aromatic heterocycles. The molecular weight excluding hydrogens is 370 g/mol. The SMILES string of the molecule is CC(=O)c1ccc(Cl)c(-c2ccc3c(c2)CCCN3C(=O)c2ccccc2)c1. The Morgan fingerprint density at radius 2 is 1.71 bits per heavy atom. The van der Waals surface area contributed by atoms with Gasteiger partial charge >= 0.3 is 0 Å². The topological polar surface area (TPSA) is 37.4 Å². The van der Waals surface area contributed by atoms with Gasteiger partial charge in [-0.05, 0) is 73.4 Å². The number of amides is 1. The molecule has 0 spiro atoms. The lowest BCUT2D eigenvalue weighted by atomic mass is 9.94. The molecule has 0 aliphatic carbocycles. The summed E-state index contributed by atoms with van der Waals surface area (Å²) in [5.41, 5.74) is 5.19. The summed E-state index contributed by atoms with van der Waals surface area (Å²) in [6.45, 7) is 2.26. The minimum Gasteiger partial charge on any atom is -0.308 e. The molecule has 3 aromatic rings. The molecule has 28 heavy (non-hydrogen) atoms. The Labute approximate surface area is 169 Å². The number of anilines is 1. The highest BCUT2D eigenvalue weighted by Gasteiger charge is 2.24. The molecule has 0 N–H and O–H groups in total. The van der Waals surface area contributed by atoms with Crippen molar-refractivity contribution < 1.29 is 9.59 Å². The van der Waals surface area contributed by atoms with Crippen LogP contribution in [0.1, 0.15) is 39.6 Å². The van der Waals surface area contributed by atoms with Crippen molar-refractivity contribution in [1.29, 1.82) is 0 Å². The fourth-order valence-electron chi connectivity index (χ4n) is 3.68. The first-order chi connectivity index (χ1) is 13.5. The number of fused-ring (bicyclic) bond motifs is 1. The number of Topliss-reactive ketones (excluding diaryl/α,β-unsaturated/α-hetero) is 1. The average molecular weight is 390 g/mol. The predicted molar refractivity (Wildman–Crippen MR) is 113 cm³/mol. The molecule has 4 heteroatoms. The first kappa shape index (κ1) is 18.5. The van der Waals surface area contributed by atoms with Crippen molar-refractivity contribution in [3.63, 3.8) is 0 Å². The van der Waals surface area contributed by atoms with Crippen LogP contribution in [0.25, 0.3) is 11.1 Å². The zero-order valence-electron chi connectivity index (χ0n) is 15.6. The van der Waals surface area contributed by atoms with E-state index in [-0.39, 0.29) is 11.7 Å². The number of nitrogens with zero attached hydrogens (tertiary/aromatic N) is 1. The summed E-state index contributed by atoms with van der Waals surface area (Å²) in [5, 5.41) is 0.609. The van der Waals surface area contributed by atoms with Crippen molar-refractivity contribution in [1.82, 2.24) is 0 Å². The van der Waals surface area contributed by atoms with Crippen LogP contribution in [0.2, 0.25) is 5.02 Å². The maximum Gasteiger partial charge on any atom is 0.258 e. The van der Waals surface area contributed by atoms with Crippen molar-refractivity contribution >= 4 is 29.0 Å². The number of halogens is 1. The lowest BCUT2D eigenvalue weighted by Crippen LogP contribution is -2.35. The van der Waals surface area contributed by atoms with Gasteiger partial charge in [-0.2, -0.15) is 0 Å². The van der Waals surface area contributed by atoms with Gasteiger partial charge < -0.3 is 4.90 Å². The smallest absolute Gasteiger partial charge is 0.258 e. The highest BCUT2D eigenvalue weighted by molar-refractivity contribution is 6.33. The largest absolute Gasteiger partial charge is 0.308 e. The Hall–Kier alpha value is -2.91. The monoisotopic (exact) mass is 389 g/mol. The van der Waals surface area contributed by atoms with Gasteiger partial charge in [0.2, 0.25) is 0 Å². The molecule has 3 nitrogen and oxygen atoms in total. The van der Waals surface area contributed by atoms with Crippen LogP contribution in [0, 0.1) is 0 Å². The van der Waals surface area contributed by atoms with Crippen LogP contribution in [0.15, 0.2) is 66.7 Å². The molecule has 0 saturated heterocycles. The molecule has 0 fully saturated rings. The first-order valence-corrected chi connectivity index (χ1v) is 9.73. The Bertz CT molecular complexity index is 1060. The Morgan fingerprint density at radius 3 is 2.46 bits per heavy atom. The van der Waals surface area contributed by atoms with Gasteiger partial charge in [-0.1, -0.05) is 35.9 Å². The fourth-order valence-corrected chi connectivity index (χ4v) is 3.90. The molecule has 3 aromatic carbocycles. The number of rotatable bonds is 3. The molecule has 0 atom stereocenters. The summed E-state index contributed by atoms with van der Waals surface area (Å²) in [5.74, 6) is 0.0291. The normalized spacial score (nSPS) is 13.1. The zero-order chi connectivity index (χ0) is 19.7. The van der Waals surface area contributed by atoms with E-state index in [0.717, 1.165) is 35.2 Å². The molecule has 0 bridgehead atoms. The predicted octanol–water partition coefficient (Wildman–Crippen LogP) is 5.80. The van der Waals surface area contributed by atoms with Gasteiger partial charge in [-0.3, -0.25) is 9.59 Å². The van der Waals surface area contributed by atoms with Gasteiger partial charge in [0.05, 0.1) is 0 Å². The van der Waals surface area contributed by atoms with Crippen LogP contribution >= 0.6 is 11.6 Å². The molecular formula is C24H20ClNO2. The van der Waals surface area contributed by atoms with Crippen molar-refractivity contribution in [3.05, 3.63) is 88.4 Å². The van der Waals surface area contributed by atoms with Crippen LogP contribution in [0.3, 0.4) is 0 Å². The average Bonchev–Trinajstić information content (AvgIpc) is 2.73. The molecule has 0 saturated carbocycles. The van der Waals surface area contributed by atoms with E-state index in [1.807, 2.05) is 53.4 Å². The van der Waals surface area contributed by atoms with Gasteiger partial charge in [-0.25, -0.2) is 0 Å². The third kappa shape index (κ3) is 3.46. The molecule has 4 rings (SSSR count). The number of carbonyl (C=O) groups is 2. The number of hydrogen-bond acceptors (Lipinski definition) is 2. The number of carbonyl (C=O) groups excluding carboxylic acids is 2. The van der Waals surface area contributed by atoms with Crippen LogP contribution in [-0.4, -0.2) is 18.2 Å². The highest BCUT2D eigenvalue weighted by atomic mass is 35.5. The van der Waals surface area contributed by atoms with Crippen molar-refractivity contribution in [2.45, 2.75) is 19.8 Å². The van der Waals surface area contributed by atoms with Crippen molar-refractivity contribution in [2.75, 3.05) is 11.4 Å². The zero-order valence-corrected chi connectivity index (χ0v) is 16.4. The molecule has 1 heterocycles. The van der Waals surface area contributed by atoms with Gasteiger partial charge in [0.25, 0.3) is 5.91 Å². The number of hydrogen-bond donors (Lipinski definition) is 0. The standard InChI is InChI=1S/C24H20ClNO2/c1-16(27)18-9-11-22(25)21(15-18)19-10-12-23-20(14-19)8-5-13-26(23)24(28)17-6-3-2-4-7-17/h2-4,6-7,9-12,14-15H,5,8,13H2,1H3. The van der Waals surface area contributed by atoms with E-state index in [2.05, 4.69) is 6.07 Å². The van der Waals surface area contributed by atoms with E-state index in [9.17, 15) is 9.59 Å². The van der Waals surface area contributed by atoms with Crippen molar-refractivity contribution in [3.8, 4) is 11.1 Å². The fraction of sp³-hybridized carbons (Fsp3) is 0.167. The van der Waals surface area contributed by atoms with Gasteiger partial charge in [0, 0.05) is 33.9 Å². The summed E-state index contributed by atoms with van der Waals surface area (Å²) in [4.78, 5) is 26.5. The minimum absolute atomic E-state index is 0.00973. The van der Waals surface area contributed by atoms with E-state index in [0.29, 0.717) is 22.7 Å². The number of aryl methyl sites for hydroxylation is 1. The first-order valence-electron chi connectivity index (χ1n) is 9.35. The highest BCUT2D eigenvalue weighted by Crippen LogP contribution is 2.35. The van der Waals surface area contributed by atoms with E-state index in [1.54, 1.807) is 19.1 Å². The second-order valence-electron chi connectivity index (χ2n) is 7.02. The summed E-state index contributed by atoms with van der Waals surface area (Å²) in [6.07, 6.45) is 1.82. The maximum absolute atomic E-state index is 13.0. The van der Waals surface area contributed by atoms with Gasteiger partial charge in [-0.15, -0.1) is 0 Å². The van der Waals surface area contributed by atoms with Crippen LogP contribution in [0.5, 0.6) is 0 Å². The van der Waals surface area contributed by atoms with Crippen LogP contribution < -0.4 is 4.90 Å². The maximum atomic E-state index is 13.0. The molecule has 1 aliphatic rings. The summed E-state index contributed by atoms with van der Waals surface area (Å²) < 4.78 is 0. The number of benzene rings is 3. The molecule has 0 unspecified atom stereocenters. The Balaban J connectivity index is 1.72. The second kappa shape index (κ2) is 7.61. The lowest BCUT2D eigenvalue weighted by molar-refractivity contribution is 0.0983. The molecule has 1 aliphatic heterocycles. The quantitative estimate of drug-likeness (QED) is 0.530. The lowest BCUT2D eigenvalue weighted by Gasteiger charge is -2.30. The van der Waals surface area contributed by atoms with Gasteiger partial charge in [0.1, 0.15) is 0 Å². The molecule has 140 valence electrons. The third-order valence-electron chi connectivity index (χ3n) is 5.15. The van der Waals surface area contributed by atoms with E-state index >= 15 is 0 Å². The van der Waals surface area contributed by atoms with Crippen molar-refractivity contribution in [2.24, 2.45) is 0 Å². The number of ketones is 1. The van der Waals surface area contributed by atoms with Crippen LogP contribution in [0.4, 0.5) is 5.69 Å². The molecule has 0 radical (unpaired) electrons. The van der Waals surface area contributed by atoms with E-state index < -0.39 is 0 Å².